The Labute approximate surface area is 153 Å². The number of nitrogens with zero attached hydrogens (tertiary/aromatic N) is 1. The minimum Gasteiger partial charge on any atom is -0.381 e. The topological polar surface area (TPSA) is 24.5 Å². The van der Waals surface area contributed by atoms with Crippen LogP contribution in [0.3, 0.4) is 0 Å². The molecule has 5 heteroatoms. The zero-order valence-electron chi connectivity index (χ0n) is 14.6. The third-order valence-electron chi connectivity index (χ3n) is 4.42. The van der Waals surface area contributed by atoms with E-state index in [1.54, 1.807) is 12.1 Å². The molecular weight excluding hydrogens is 339 g/mol. The van der Waals surface area contributed by atoms with Crippen LogP contribution in [0.15, 0.2) is 42.5 Å². The molecule has 2 aromatic rings. The van der Waals surface area contributed by atoms with Gasteiger partial charge < -0.3 is 10.1 Å². The lowest BCUT2D eigenvalue weighted by Gasteiger charge is -2.35. The van der Waals surface area contributed by atoms with Crippen LogP contribution in [0.25, 0.3) is 0 Å². The Morgan fingerprint density at radius 1 is 1.12 bits per heavy atom. The Bertz CT molecular complexity index is 694. The quantitative estimate of drug-likeness (QED) is 0.834. The first-order chi connectivity index (χ1) is 12.0. The third kappa shape index (κ3) is 4.72. The average Bonchev–Trinajstić information content (AvgIpc) is 2.55. The van der Waals surface area contributed by atoms with Crippen molar-refractivity contribution >= 4 is 17.3 Å². The van der Waals surface area contributed by atoms with Crippen LogP contribution in [0.2, 0.25) is 5.02 Å². The zero-order chi connectivity index (χ0) is 17.8. The van der Waals surface area contributed by atoms with Gasteiger partial charge in [-0.05, 0) is 37.6 Å². The van der Waals surface area contributed by atoms with Crippen LogP contribution >= 0.6 is 11.6 Å². The van der Waals surface area contributed by atoms with E-state index in [4.69, 9.17) is 16.3 Å². The van der Waals surface area contributed by atoms with Gasteiger partial charge in [0.1, 0.15) is 5.82 Å². The van der Waals surface area contributed by atoms with E-state index in [-0.39, 0.29) is 18.0 Å². The largest absolute Gasteiger partial charge is 0.381 e. The van der Waals surface area contributed by atoms with Crippen LogP contribution < -0.4 is 5.32 Å². The second-order valence-corrected chi connectivity index (χ2v) is 7.07. The second-order valence-electron chi connectivity index (χ2n) is 6.66. The van der Waals surface area contributed by atoms with Gasteiger partial charge in [-0.3, -0.25) is 4.90 Å². The van der Waals surface area contributed by atoms with Gasteiger partial charge in [-0.1, -0.05) is 35.9 Å². The summed E-state index contributed by atoms with van der Waals surface area (Å²) >= 11 is 6.12. The molecule has 1 N–H and O–H groups in total. The van der Waals surface area contributed by atoms with Crippen molar-refractivity contribution in [1.82, 2.24) is 4.90 Å². The maximum Gasteiger partial charge on any atom is 0.129 e. The predicted molar refractivity (Wildman–Crippen MR) is 100 cm³/mol. The first-order valence-electron chi connectivity index (χ1n) is 8.65. The fourth-order valence-electron chi connectivity index (χ4n) is 3.37. The smallest absolute Gasteiger partial charge is 0.129 e. The molecule has 0 radical (unpaired) electrons. The number of anilines is 1. The summed E-state index contributed by atoms with van der Waals surface area (Å²) in [7, 11) is 0. The molecule has 1 aliphatic heterocycles. The predicted octanol–water partition coefficient (Wildman–Crippen LogP) is 4.70. The lowest BCUT2D eigenvalue weighted by molar-refractivity contribution is -0.0704. The van der Waals surface area contributed by atoms with Crippen molar-refractivity contribution in [2.45, 2.75) is 39.1 Å². The zero-order valence-corrected chi connectivity index (χ0v) is 15.4. The average molecular weight is 363 g/mol. The van der Waals surface area contributed by atoms with E-state index in [0.29, 0.717) is 17.1 Å². The molecule has 0 bridgehead atoms. The molecule has 0 aromatic heterocycles. The maximum atomic E-state index is 14.0. The number of ether oxygens (including phenoxy) is 1. The van der Waals surface area contributed by atoms with E-state index < -0.39 is 0 Å². The summed E-state index contributed by atoms with van der Waals surface area (Å²) in [6, 6.07) is 12.9. The lowest BCUT2D eigenvalue weighted by Crippen LogP contribution is -2.44. The molecule has 0 unspecified atom stereocenters. The summed E-state index contributed by atoms with van der Waals surface area (Å²) < 4.78 is 19.8. The van der Waals surface area contributed by atoms with Crippen molar-refractivity contribution in [3.63, 3.8) is 0 Å². The molecular formula is C20H24ClFN2O. The Kier molecular flexibility index (Phi) is 5.94. The number of hydrogen-bond acceptors (Lipinski definition) is 3. The monoisotopic (exact) mass is 362 g/mol. The van der Waals surface area contributed by atoms with Crippen molar-refractivity contribution < 1.29 is 9.13 Å². The number of rotatable bonds is 5. The van der Waals surface area contributed by atoms with E-state index in [0.717, 1.165) is 25.3 Å². The van der Waals surface area contributed by atoms with Crippen molar-refractivity contribution in [2.75, 3.05) is 18.4 Å². The highest BCUT2D eigenvalue weighted by Gasteiger charge is 2.22. The number of nitrogens with one attached hydrogen (secondary N) is 1. The van der Waals surface area contributed by atoms with Crippen LogP contribution in [0.4, 0.5) is 10.1 Å². The third-order valence-corrected chi connectivity index (χ3v) is 4.78. The highest BCUT2D eigenvalue weighted by Crippen LogP contribution is 2.23. The second kappa shape index (κ2) is 8.17. The van der Waals surface area contributed by atoms with Crippen LogP contribution in [-0.2, 0) is 17.8 Å². The molecule has 3 rings (SSSR count). The summed E-state index contributed by atoms with van der Waals surface area (Å²) in [4.78, 5) is 2.40. The van der Waals surface area contributed by atoms with Crippen LogP contribution in [-0.4, -0.2) is 30.2 Å². The Morgan fingerprint density at radius 3 is 2.56 bits per heavy atom. The van der Waals surface area contributed by atoms with E-state index >= 15 is 0 Å². The number of halogens is 2. The molecule has 2 aromatic carbocycles. The number of morpholine rings is 1. The molecule has 1 fully saturated rings. The van der Waals surface area contributed by atoms with Gasteiger partial charge in [0.2, 0.25) is 0 Å². The molecule has 1 heterocycles. The molecule has 2 atom stereocenters. The normalized spacial score (nSPS) is 21.3. The molecule has 1 saturated heterocycles. The molecule has 25 heavy (non-hydrogen) atoms. The van der Waals surface area contributed by atoms with Gasteiger partial charge >= 0.3 is 0 Å². The highest BCUT2D eigenvalue weighted by molar-refractivity contribution is 6.31. The standard InChI is InChI=1S/C20H24ClFN2O/c1-14-11-24(12-15(2)25-14)13-16-6-3-4-9-20(16)23-10-17-18(21)7-5-8-19(17)22/h3-9,14-15,23H,10-13H2,1-2H3/t14-,15+. The van der Waals surface area contributed by atoms with E-state index in [2.05, 4.69) is 30.1 Å². The molecule has 0 amide bonds. The van der Waals surface area contributed by atoms with E-state index in [1.165, 1.54) is 11.6 Å². The molecule has 0 spiro atoms. The van der Waals surface area contributed by atoms with E-state index in [9.17, 15) is 4.39 Å². The van der Waals surface area contributed by atoms with Crippen molar-refractivity contribution in [2.24, 2.45) is 0 Å². The fraction of sp³-hybridized carbons (Fsp3) is 0.400. The van der Waals surface area contributed by atoms with Crippen LogP contribution in [0.1, 0.15) is 25.0 Å². The minimum absolute atomic E-state index is 0.237. The number of para-hydroxylation sites is 1. The highest BCUT2D eigenvalue weighted by atomic mass is 35.5. The van der Waals surface area contributed by atoms with Gasteiger partial charge in [-0.25, -0.2) is 4.39 Å². The summed E-state index contributed by atoms with van der Waals surface area (Å²) in [6.07, 6.45) is 0.474. The van der Waals surface area contributed by atoms with Gasteiger partial charge in [-0.2, -0.15) is 0 Å². The molecule has 3 nitrogen and oxygen atoms in total. The van der Waals surface area contributed by atoms with Crippen molar-refractivity contribution in [1.29, 1.82) is 0 Å². The van der Waals surface area contributed by atoms with Gasteiger partial charge in [0.05, 0.1) is 12.2 Å². The molecule has 134 valence electrons. The molecule has 0 aliphatic carbocycles. The van der Waals surface area contributed by atoms with Gasteiger partial charge in [-0.15, -0.1) is 0 Å². The van der Waals surface area contributed by atoms with Gasteiger partial charge in [0.15, 0.2) is 0 Å². The summed E-state index contributed by atoms with van der Waals surface area (Å²) in [5, 5.41) is 3.79. The number of hydrogen-bond donors (Lipinski definition) is 1. The Hall–Kier alpha value is -1.62. The SMILES string of the molecule is C[C@@H]1CN(Cc2ccccc2NCc2c(F)cccc2Cl)C[C@H](C)O1. The van der Waals surface area contributed by atoms with Crippen molar-refractivity contribution in [3.8, 4) is 0 Å². The number of benzene rings is 2. The minimum atomic E-state index is -0.284. The Balaban J connectivity index is 1.71. The first-order valence-corrected chi connectivity index (χ1v) is 9.03. The van der Waals surface area contributed by atoms with Crippen LogP contribution in [0.5, 0.6) is 0 Å². The molecule has 1 aliphatic rings. The molecule has 0 saturated carbocycles. The first kappa shape index (κ1) is 18.2. The summed E-state index contributed by atoms with van der Waals surface area (Å²) in [5.74, 6) is -0.284. The van der Waals surface area contributed by atoms with Crippen molar-refractivity contribution in [3.05, 3.63) is 64.4 Å². The van der Waals surface area contributed by atoms with Gasteiger partial charge in [0, 0.05) is 42.5 Å². The maximum absolute atomic E-state index is 14.0. The Morgan fingerprint density at radius 2 is 1.84 bits per heavy atom. The van der Waals surface area contributed by atoms with Gasteiger partial charge in [0.25, 0.3) is 0 Å². The van der Waals surface area contributed by atoms with Crippen LogP contribution in [0, 0.1) is 5.82 Å². The fourth-order valence-corrected chi connectivity index (χ4v) is 3.60. The summed E-state index contributed by atoms with van der Waals surface area (Å²) in [6.45, 7) is 7.24. The summed E-state index contributed by atoms with van der Waals surface area (Å²) in [5.41, 5.74) is 2.69. The lowest BCUT2D eigenvalue weighted by atomic mass is 10.1. The van der Waals surface area contributed by atoms with E-state index in [1.807, 2.05) is 18.2 Å².